The van der Waals surface area contributed by atoms with Crippen LogP contribution in [0, 0.1) is 13.8 Å². The third-order valence-electron chi connectivity index (χ3n) is 2.71. The minimum Gasteiger partial charge on any atom is -0.391 e. The third-order valence-corrected chi connectivity index (χ3v) is 6.83. The van der Waals surface area contributed by atoms with E-state index in [4.69, 9.17) is 5.11 Å². The molecule has 2 rings (SSSR count). The molecule has 0 radical (unpaired) electrons. The van der Waals surface area contributed by atoms with Gasteiger partial charge < -0.3 is 5.11 Å². The van der Waals surface area contributed by atoms with Gasteiger partial charge in [0.2, 0.25) is 10.0 Å². The van der Waals surface area contributed by atoms with Gasteiger partial charge in [-0.2, -0.15) is 0 Å². The Morgan fingerprint density at radius 2 is 1.95 bits per heavy atom. The average molecular weight is 317 g/mol. The molecular weight excluding hydrogens is 302 g/mol. The van der Waals surface area contributed by atoms with E-state index in [0.717, 1.165) is 16.2 Å². The molecule has 2 aromatic heterocycles. The van der Waals surface area contributed by atoms with E-state index in [2.05, 4.69) is 4.72 Å². The largest absolute Gasteiger partial charge is 0.391 e. The number of aliphatic hydroxyl groups is 1. The van der Waals surface area contributed by atoms with E-state index in [1.807, 2.05) is 19.9 Å². The predicted molar refractivity (Wildman–Crippen MR) is 78.1 cm³/mol. The molecule has 0 saturated carbocycles. The number of sulfonamides is 1. The van der Waals surface area contributed by atoms with E-state index < -0.39 is 10.0 Å². The second-order valence-electron chi connectivity index (χ2n) is 4.16. The summed E-state index contributed by atoms with van der Waals surface area (Å²) in [7, 11) is -3.49. The maximum atomic E-state index is 12.0. The monoisotopic (exact) mass is 317 g/mol. The number of hydrogen-bond donors (Lipinski definition) is 2. The fourth-order valence-electron chi connectivity index (χ4n) is 1.56. The summed E-state index contributed by atoms with van der Waals surface area (Å²) < 4.78 is 26.9. The van der Waals surface area contributed by atoms with Gasteiger partial charge in [-0.1, -0.05) is 0 Å². The van der Waals surface area contributed by atoms with Crippen molar-refractivity contribution < 1.29 is 13.5 Å². The van der Waals surface area contributed by atoms with E-state index in [0.29, 0.717) is 11.4 Å². The van der Waals surface area contributed by atoms with Gasteiger partial charge in [-0.25, -0.2) is 13.1 Å². The van der Waals surface area contributed by atoms with Crippen molar-refractivity contribution in [2.75, 3.05) is 0 Å². The van der Waals surface area contributed by atoms with Gasteiger partial charge in [-0.05, 0) is 37.6 Å². The molecule has 2 heterocycles. The zero-order chi connectivity index (χ0) is 14.0. The Labute approximate surface area is 120 Å². The zero-order valence-electron chi connectivity index (χ0n) is 10.6. The third kappa shape index (κ3) is 3.43. The highest BCUT2D eigenvalue weighted by Gasteiger charge is 2.16. The first kappa shape index (κ1) is 14.7. The molecule has 0 unspecified atom stereocenters. The lowest BCUT2D eigenvalue weighted by Gasteiger charge is -2.02. The molecule has 0 amide bonds. The molecular formula is C12H15NO3S3. The van der Waals surface area contributed by atoms with Gasteiger partial charge >= 0.3 is 0 Å². The standard InChI is InChI=1S/C12H15NO3S3/c1-8-5-11(17-9(8)2)6-13-19(15,16)12-4-3-10(7-14)18-12/h3-5,13-14H,6-7H2,1-2H3. The quantitative estimate of drug-likeness (QED) is 0.890. The van der Waals surface area contributed by atoms with Crippen LogP contribution in [-0.2, 0) is 23.2 Å². The molecule has 2 aromatic rings. The van der Waals surface area contributed by atoms with Crippen molar-refractivity contribution in [1.29, 1.82) is 0 Å². The van der Waals surface area contributed by atoms with Crippen LogP contribution in [0.4, 0.5) is 0 Å². The summed E-state index contributed by atoms with van der Waals surface area (Å²) >= 11 is 2.68. The minimum atomic E-state index is -3.49. The smallest absolute Gasteiger partial charge is 0.250 e. The van der Waals surface area contributed by atoms with Crippen molar-refractivity contribution in [3.05, 3.63) is 38.4 Å². The zero-order valence-corrected chi connectivity index (χ0v) is 13.1. The Kier molecular flexibility index (Phi) is 4.42. The highest BCUT2D eigenvalue weighted by Crippen LogP contribution is 2.23. The maximum absolute atomic E-state index is 12.0. The van der Waals surface area contributed by atoms with Crippen molar-refractivity contribution in [1.82, 2.24) is 4.72 Å². The van der Waals surface area contributed by atoms with Crippen molar-refractivity contribution in [2.45, 2.75) is 31.2 Å². The van der Waals surface area contributed by atoms with Gasteiger partial charge in [0.25, 0.3) is 0 Å². The lowest BCUT2D eigenvalue weighted by molar-refractivity contribution is 0.285. The second kappa shape index (κ2) is 5.72. The Morgan fingerprint density at radius 1 is 1.21 bits per heavy atom. The summed E-state index contributed by atoms with van der Waals surface area (Å²) in [6, 6.07) is 5.14. The van der Waals surface area contributed by atoms with Crippen LogP contribution in [0.3, 0.4) is 0 Å². The molecule has 7 heteroatoms. The van der Waals surface area contributed by atoms with Crippen LogP contribution in [0.25, 0.3) is 0 Å². The highest BCUT2D eigenvalue weighted by atomic mass is 32.2. The molecule has 104 valence electrons. The topological polar surface area (TPSA) is 66.4 Å². The van der Waals surface area contributed by atoms with E-state index in [9.17, 15) is 8.42 Å². The molecule has 0 bridgehead atoms. The lowest BCUT2D eigenvalue weighted by atomic mass is 10.3. The molecule has 0 spiro atoms. The predicted octanol–water partition coefficient (Wildman–Crippen LogP) is 2.40. The van der Waals surface area contributed by atoms with Gasteiger partial charge in [-0.3, -0.25) is 0 Å². The summed E-state index contributed by atoms with van der Waals surface area (Å²) in [6.45, 7) is 4.19. The lowest BCUT2D eigenvalue weighted by Crippen LogP contribution is -2.21. The molecule has 0 saturated heterocycles. The fourth-order valence-corrected chi connectivity index (χ4v) is 4.91. The Hall–Kier alpha value is -0.730. The van der Waals surface area contributed by atoms with Crippen molar-refractivity contribution in [3.8, 4) is 0 Å². The van der Waals surface area contributed by atoms with Crippen LogP contribution in [0.5, 0.6) is 0 Å². The van der Waals surface area contributed by atoms with Gasteiger partial charge in [0.1, 0.15) is 4.21 Å². The molecule has 19 heavy (non-hydrogen) atoms. The van der Waals surface area contributed by atoms with Crippen LogP contribution < -0.4 is 4.72 Å². The second-order valence-corrected chi connectivity index (χ2v) is 8.66. The molecule has 0 fully saturated rings. The molecule has 0 aliphatic heterocycles. The number of hydrogen-bond acceptors (Lipinski definition) is 5. The van der Waals surface area contributed by atoms with Gasteiger partial charge in [0.15, 0.2) is 0 Å². The summed E-state index contributed by atoms with van der Waals surface area (Å²) in [5.41, 5.74) is 1.18. The summed E-state index contributed by atoms with van der Waals surface area (Å²) in [4.78, 5) is 2.84. The van der Waals surface area contributed by atoms with E-state index in [-0.39, 0.29) is 10.8 Å². The molecule has 0 atom stereocenters. The maximum Gasteiger partial charge on any atom is 0.250 e. The van der Waals surface area contributed by atoms with Gasteiger partial charge in [0.05, 0.1) is 6.61 Å². The summed E-state index contributed by atoms with van der Waals surface area (Å²) in [5, 5.41) is 8.95. The molecule has 2 N–H and O–H groups in total. The Bertz CT molecular complexity index is 651. The van der Waals surface area contributed by atoms with Crippen LogP contribution in [0.1, 0.15) is 20.2 Å². The van der Waals surface area contributed by atoms with Gasteiger partial charge in [-0.15, -0.1) is 22.7 Å². The first-order chi connectivity index (χ1) is 8.92. The molecule has 0 aliphatic carbocycles. The van der Waals surface area contributed by atoms with Crippen molar-refractivity contribution >= 4 is 32.7 Å². The van der Waals surface area contributed by atoms with E-state index in [1.54, 1.807) is 17.4 Å². The van der Waals surface area contributed by atoms with E-state index in [1.165, 1.54) is 16.5 Å². The number of thiophene rings is 2. The average Bonchev–Trinajstić information content (AvgIpc) is 2.95. The van der Waals surface area contributed by atoms with Crippen LogP contribution in [-0.4, -0.2) is 13.5 Å². The molecule has 0 aliphatic rings. The summed E-state index contributed by atoms with van der Waals surface area (Å²) in [5.74, 6) is 0. The van der Waals surface area contributed by atoms with E-state index >= 15 is 0 Å². The number of nitrogens with one attached hydrogen (secondary N) is 1. The molecule has 0 aromatic carbocycles. The van der Waals surface area contributed by atoms with Crippen molar-refractivity contribution in [2.24, 2.45) is 0 Å². The fraction of sp³-hybridized carbons (Fsp3) is 0.333. The Balaban J connectivity index is 2.09. The van der Waals surface area contributed by atoms with Crippen LogP contribution in [0.2, 0.25) is 0 Å². The Morgan fingerprint density at radius 3 is 2.47 bits per heavy atom. The van der Waals surface area contributed by atoms with Crippen LogP contribution >= 0.6 is 22.7 Å². The number of rotatable bonds is 5. The summed E-state index contributed by atoms with van der Waals surface area (Å²) in [6.07, 6.45) is 0. The minimum absolute atomic E-state index is 0.135. The first-order valence-electron chi connectivity index (χ1n) is 5.67. The number of aliphatic hydroxyl groups excluding tert-OH is 1. The van der Waals surface area contributed by atoms with Gasteiger partial charge in [0, 0.05) is 21.2 Å². The van der Waals surface area contributed by atoms with Crippen molar-refractivity contribution in [3.63, 3.8) is 0 Å². The number of aryl methyl sites for hydroxylation is 2. The SMILES string of the molecule is Cc1cc(CNS(=O)(=O)c2ccc(CO)s2)sc1C. The highest BCUT2D eigenvalue weighted by molar-refractivity contribution is 7.91. The van der Waals surface area contributed by atoms with Crippen LogP contribution in [0.15, 0.2) is 22.4 Å². The first-order valence-corrected chi connectivity index (χ1v) is 8.79. The normalized spacial score (nSPS) is 11.9. The molecule has 4 nitrogen and oxygen atoms in total.